The lowest BCUT2D eigenvalue weighted by atomic mass is 10.1. The molecule has 2 rings (SSSR count). The summed E-state index contributed by atoms with van der Waals surface area (Å²) < 4.78 is 0. The Labute approximate surface area is 97.2 Å². The van der Waals surface area contributed by atoms with Gasteiger partial charge in [-0.1, -0.05) is 26.7 Å². The van der Waals surface area contributed by atoms with E-state index in [-0.39, 0.29) is 0 Å². The van der Waals surface area contributed by atoms with Gasteiger partial charge in [-0.2, -0.15) is 5.10 Å². The van der Waals surface area contributed by atoms with E-state index < -0.39 is 0 Å². The van der Waals surface area contributed by atoms with Gasteiger partial charge in [0.15, 0.2) is 5.82 Å². The van der Waals surface area contributed by atoms with Crippen LogP contribution in [0.1, 0.15) is 57.2 Å². The highest BCUT2D eigenvalue weighted by Gasteiger charge is 2.18. The van der Waals surface area contributed by atoms with Crippen LogP contribution in [0.5, 0.6) is 0 Å². The number of aromatic nitrogens is 3. The van der Waals surface area contributed by atoms with E-state index in [2.05, 4.69) is 34.3 Å². The summed E-state index contributed by atoms with van der Waals surface area (Å²) in [5.41, 5.74) is 0. The number of rotatable bonds is 3. The van der Waals surface area contributed by atoms with E-state index in [9.17, 15) is 0 Å². The van der Waals surface area contributed by atoms with Gasteiger partial charge in [0.2, 0.25) is 0 Å². The molecule has 4 nitrogen and oxygen atoms in total. The van der Waals surface area contributed by atoms with Crippen molar-refractivity contribution in [3.8, 4) is 0 Å². The Hall–Kier alpha value is -0.900. The lowest BCUT2D eigenvalue weighted by Gasteiger charge is -2.10. The van der Waals surface area contributed by atoms with E-state index in [0.29, 0.717) is 12.0 Å². The molecule has 0 amide bonds. The summed E-state index contributed by atoms with van der Waals surface area (Å²) in [7, 11) is 0. The molecule has 4 heteroatoms. The minimum Gasteiger partial charge on any atom is -0.307 e. The van der Waals surface area contributed by atoms with Gasteiger partial charge in [-0.25, -0.2) is 4.98 Å². The first-order valence-corrected chi connectivity index (χ1v) is 6.40. The first kappa shape index (κ1) is 11.6. The van der Waals surface area contributed by atoms with E-state index in [1.807, 2.05) is 0 Å². The molecule has 0 aliphatic carbocycles. The molecular weight excluding hydrogens is 200 g/mol. The standard InChI is InChI=1S/C12H22N4/c1-9(2)8-11-14-12(16-15-11)10-6-4-3-5-7-13-10/h9-10,13H,3-8H2,1-2H3,(H,14,15,16). The van der Waals surface area contributed by atoms with Gasteiger partial charge in [-0.3, -0.25) is 5.10 Å². The van der Waals surface area contributed by atoms with Gasteiger partial charge < -0.3 is 5.32 Å². The van der Waals surface area contributed by atoms with Crippen molar-refractivity contribution in [1.29, 1.82) is 0 Å². The number of nitrogens with zero attached hydrogens (tertiary/aromatic N) is 2. The Balaban J connectivity index is 1.99. The third-order valence-corrected chi connectivity index (χ3v) is 3.02. The molecular formula is C12H22N4. The molecule has 1 unspecified atom stereocenters. The molecule has 0 radical (unpaired) electrons. The van der Waals surface area contributed by atoms with Crippen molar-refractivity contribution in [3.05, 3.63) is 11.6 Å². The van der Waals surface area contributed by atoms with Gasteiger partial charge in [0, 0.05) is 6.42 Å². The molecule has 1 aromatic heterocycles. The Morgan fingerprint density at radius 1 is 1.31 bits per heavy atom. The molecule has 1 aliphatic rings. The fourth-order valence-corrected chi connectivity index (χ4v) is 2.19. The van der Waals surface area contributed by atoms with E-state index in [1.54, 1.807) is 0 Å². The predicted octanol–water partition coefficient (Wildman–Crippen LogP) is 2.21. The number of hydrogen-bond acceptors (Lipinski definition) is 3. The molecule has 2 N–H and O–H groups in total. The first-order chi connectivity index (χ1) is 7.75. The summed E-state index contributed by atoms with van der Waals surface area (Å²) in [4.78, 5) is 4.59. The van der Waals surface area contributed by atoms with Gasteiger partial charge in [-0.15, -0.1) is 0 Å². The van der Waals surface area contributed by atoms with Crippen LogP contribution in [0.3, 0.4) is 0 Å². The Kier molecular flexibility index (Phi) is 3.93. The van der Waals surface area contributed by atoms with Crippen molar-refractivity contribution < 1.29 is 0 Å². The number of H-pyrrole nitrogens is 1. The van der Waals surface area contributed by atoms with Crippen LogP contribution in [0.15, 0.2) is 0 Å². The number of aromatic amines is 1. The largest absolute Gasteiger partial charge is 0.307 e. The Bertz CT molecular complexity index is 311. The van der Waals surface area contributed by atoms with Crippen LogP contribution in [-0.2, 0) is 6.42 Å². The lowest BCUT2D eigenvalue weighted by molar-refractivity contribution is 0.508. The Morgan fingerprint density at radius 3 is 3.00 bits per heavy atom. The first-order valence-electron chi connectivity index (χ1n) is 6.40. The fourth-order valence-electron chi connectivity index (χ4n) is 2.19. The van der Waals surface area contributed by atoms with Crippen LogP contribution in [0.2, 0.25) is 0 Å². The zero-order valence-corrected chi connectivity index (χ0v) is 10.3. The second kappa shape index (κ2) is 5.43. The number of hydrogen-bond donors (Lipinski definition) is 2. The highest BCUT2D eigenvalue weighted by atomic mass is 15.2. The van der Waals surface area contributed by atoms with E-state index in [1.165, 1.54) is 25.7 Å². The summed E-state index contributed by atoms with van der Waals surface area (Å²) in [6.45, 7) is 5.50. The molecule has 1 fully saturated rings. The molecule has 1 aromatic rings. The van der Waals surface area contributed by atoms with Gasteiger partial charge >= 0.3 is 0 Å². The zero-order valence-electron chi connectivity index (χ0n) is 10.3. The topological polar surface area (TPSA) is 53.6 Å². The van der Waals surface area contributed by atoms with Gasteiger partial charge in [0.25, 0.3) is 0 Å². The van der Waals surface area contributed by atoms with Crippen LogP contribution < -0.4 is 5.32 Å². The molecule has 0 spiro atoms. The van der Waals surface area contributed by atoms with Gasteiger partial charge in [0.05, 0.1) is 6.04 Å². The summed E-state index contributed by atoms with van der Waals surface area (Å²) in [6, 6.07) is 0.361. The average Bonchev–Trinajstić information content (AvgIpc) is 2.53. The fraction of sp³-hybridized carbons (Fsp3) is 0.833. The Morgan fingerprint density at radius 2 is 2.19 bits per heavy atom. The molecule has 2 heterocycles. The second-order valence-corrected chi connectivity index (χ2v) is 5.09. The van der Waals surface area contributed by atoms with Crippen molar-refractivity contribution in [2.24, 2.45) is 5.92 Å². The maximum Gasteiger partial charge on any atom is 0.167 e. The van der Waals surface area contributed by atoms with Crippen molar-refractivity contribution in [1.82, 2.24) is 20.5 Å². The van der Waals surface area contributed by atoms with Crippen LogP contribution in [-0.4, -0.2) is 21.7 Å². The van der Waals surface area contributed by atoms with Crippen molar-refractivity contribution in [2.75, 3.05) is 6.54 Å². The summed E-state index contributed by atoms with van der Waals surface area (Å²) >= 11 is 0. The zero-order chi connectivity index (χ0) is 11.4. The van der Waals surface area contributed by atoms with Crippen LogP contribution >= 0.6 is 0 Å². The highest BCUT2D eigenvalue weighted by molar-refractivity contribution is 4.98. The van der Waals surface area contributed by atoms with Crippen LogP contribution in [0.25, 0.3) is 0 Å². The van der Waals surface area contributed by atoms with Crippen molar-refractivity contribution >= 4 is 0 Å². The minimum absolute atomic E-state index is 0.361. The van der Waals surface area contributed by atoms with Gasteiger partial charge in [0.1, 0.15) is 5.82 Å². The minimum atomic E-state index is 0.361. The monoisotopic (exact) mass is 222 g/mol. The van der Waals surface area contributed by atoms with Crippen LogP contribution in [0, 0.1) is 5.92 Å². The maximum atomic E-state index is 4.59. The highest BCUT2D eigenvalue weighted by Crippen LogP contribution is 2.19. The van der Waals surface area contributed by atoms with Crippen molar-refractivity contribution in [3.63, 3.8) is 0 Å². The predicted molar refractivity (Wildman–Crippen MR) is 64.1 cm³/mol. The smallest absolute Gasteiger partial charge is 0.167 e. The summed E-state index contributed by atoms with van der Waals surface area (Å²) in [6.07, 6.45) is 6.04. The normalized spacial score (nSPS) is 22.3. The SMILES string of the molecule is CC(C)Cc1nc(C2CCCCCN2)n[nH]1. The molecule has 90 valence electrons. The maximum absolute atomic E-state index is 4.59. The third kappa shape index (κ3) is 3.04. The molecule has 16 heavy (non-hydrogen) atoms. The molecule has 1 saturated heterocycles. The quantitative estimate of drug-likeness (QED) is 0.824. The molecule has 1 aliphatic heterocycles. The third-order valence-electron chi connectivity index (χ3n) is 3.02. The lowest BCUT2D eigenvalue weighted by Crippen LogP contribution is -2.21. The molecule has 0 saturated carbocycles. The molecule has 0 aromatic carbocycles. The van der Waals surface area contributed by atoms with E-state index in [0.717, 1.165) is 24.6 Å². The van der Waals surface area contributed by atoms with Gasteiger partial charge in [-0.05, 0) is 25.3 Å². The summed E-state index contributed by atoms with van der Waals surface area (Å²) in [5.74, 6) is 2.61. The average molecular weight is 222 g/mol. The van der Waals surface area contributed by atoms with E-state index in [4.69, 9.17) is 0 Å². The van der Waals surface area contributed by atoms with Crippen molar-refractivity contribution in [2.45, 2.75) is 52.0 Å². The van der Waals surface area contributed by atoms with Crippen LogP contribution in [0.4, 0.5) is 0 Å². The molecule has 1 atom stereocenters. The summed E-state index contributed by atoms with van der Waals surface area (Å²) in [5, 5.41) is 10.9. The number of nitrogens with one attached hydrogen (secondary N) is 2. The van der Waals surface area contributed by atoms with E-state index >= 15 is 0 Å². The second-order valence-electron chi connectivity index (χ2n) is 5.09. The molecule has 0 bridgehead atoms.